The zero-order valence-corrected chi connectivity index (χ0v) is 13.2. The topological polar surface area (TPSA) is 49.0 Å². The second-order valence-corrected chi connectivity index (χ2v) is 5.11. The predicted molar refractivity (Wildman–Crippen MR) is 81.5 cm³/mol. The summed E-state index contributed by atoms with van der Waals surface area (Å²) in [5.41, 5.74) is 0. The van der Waals surface area contributed by atoms with Gasteiger partial charge in [0.15, 0.2) is 11.5 Å². The van der Waals surface area contributed by atoms with E-state index in [2.05, 4.69) is 12.2 Å². The highest BCUT2D eigenvalue weighted by atomic mass is 16.6. The number of hydrogen-bond donors (Lipinski definition) is 1. The molecule has 0 bridgehead atoms. The molecule has 0 spiro atoms. The SMILES string of the molecule is CCCOC1C(NC)CC1Oc1c(OC)cccc1OC. The zero-order chi connectivity index (χ0) is 15.2. The van der Waals surface area contributed by atoms with Gasteiger partial charge in [0.25, 0.3) is 0 Å². The Bertz CT molecular complexity index is 430. The van der Waals surface area contributed by atoms with Gasteiger partial charge in [-0.15, -0.1) is 0 Å². The van der Waals surface area contributed by atoms with Crippen molar-refractivity contribution in [2.24, 2.45) is 0 Å². The van der Waals surface area contributed by atoms with Crippen LogP contribution in [-0.2, 0) is 4.74 Å². The van der Waals surface area contributed by atoms with Gasteiger partial charge < -0.3 is 24.3 Å². The van der Waals surface area contributed by atoms with Gasteiger partial charge in [-0.2, -0.15) is 0 Å². The molecule has 1 fully saturated rings. The van der Waals surface area contributed by atoms with E-state index in [9.17, 15) is 0 Å². The number of ether oxygens (including phenoxy) is 4. The smallest absolute Gasteiger partial charge is 0.203 e. The molecule has 5 heteroatoms. The summed E-state index contributed by atoms with van der Waals surface area (Å²) in [6.45, 7) is 2.85. The number of para-hydroxylation sites is 1. The Kier molecular flexibility index (Phi) is 5.70. The van der Waals surface area contributed by atoms with Crippen molar-refractivity contribution in [1.29, 1.82) is 0 Å². The minimum absolute atomic E-state index is 0.0131. The van der Waals surface area contributed by atoms with Crippen molar-refractivity contribution >= 4 is 0 Å². The summed E-state index contributed by atoms with van der Waals surface area (Å²) in [5.74, 6) is 2.00. The molecule has 3 atom stereocenters. The van der Waals surface area contributed by atoms with Crippen LogP contribution in [-0.4, -0.2) is 46.1 Å². The van der Waals surface area contributed by atoms with E-state index < -0.39 is 0 Å². The Balaban J connectivity index is 2.10. The van der Waals surface area contributed by atoms with E-state index in [1.807, 2.05) is 25.2 Å². The van der Waals surface area contributed by atoms with Crippen LogP contribution in [0.2, 0.25) is 0 Å². The molecule has 0 saturated heterocycles. The van der Waals surface area contributed by atoms with Crippen molar-refractivity contribution in [2.75, 3.05) is 27.9 Å². The molecule has 0 radical (unpaired) electrons. The third-order valence-electron chi connectivity index (χ3n) is 3.79. The number of nitrogens with one attached hydrogen (secondary N) is 1. The van der Waals surface area contributed by atoms with Crippen LogP contribution in [0.3, 0.4) is 0 Å². The van der Waals surface area contributed by atoms with E-state index in [-0.39, 0.29) is 12.2 Å². The van der Waals surface area contributed by atoms with Crippen molar-refractivity contribution in [3.05, 3.63) is 18.2 Å². The van der Waals surface area contributed by atoms with E-state index in [1.165, 1.54) is 0 Å². The molecule has 2 rings (SSSR count). The average Bonchev–Trinajstić information content (AvgIpc) is 2.51. The standard InChI is InChI=1S/C16H25NO4/c1-5-9-20-15-11(17-2)10-14(15)21-16-12(18-3)7-6-8-13(16)19-4/h6-8,11,14-15,17H,5,9-10H2,1-4H3. The molecule has 3 unspecified atom stereocenters. The highest BCUT2D eigenvalue weighted by Crippen LogP contribution is 2.40. The fourth-order valence-corrected chi connectivity index (χ4v) is 2.54. The number of likely N-dealkylation sites (N-methyl/N-ethyl adjacent to an activating group) is 1. The second-order valence-electron chi connectivity index (χ2n) is 5.11. The number of methoxy groups -OCH3 is 2. The molecule has 1 N–H and O–H groups in total. The lowest BCUT2D eigenvalue weighted by molar-refractivity contribution is -0.107. The van der Waals surface area contributed by atoms with Gasteiger partial charge in [0.2, 0.25) is 5.75 Å². The largest absolute Gasteiger partial charge is 0.493 e. The van der Waals surface area contributed by atoms with Crippen molar-refractivity contribution in [3.8, 4) is 17.2 Å². The first-order valence-electron chi connectivity index (χ1n) is 7.41. The van der Waals surface area contributed by atoms with Crippen molar-refractivity contribution < 1.29 is 18.9 Å². The number of hydrogen-bond acceptors (Lipinski definition) is 5. The van der Waals surface area contributed by atoms with Gasteiger partial charge in [-0.1, -0.05) is 13.0 Å². The Morgan fingerprint density at radius 3 is 2.38 bits per heavy atom. The summed E-state index contributed by atoms with van der Waals surface area (Å²) in [6.07, 6.45) is 1.98. The van der Waals surface area contributed by atoms with E-state index in [1.54, 1.807) is 14.2 Å². The Morgan fingerprint density at radius 2 is 1.86 bits per heavy atom. The van der Waals surface area contributed by atoms with E-state index in [0.29, 0.717) is 23.3 Å². The van der Waals surface area contributed by atoms with Crippen LogP contribution in [0.1, 0.15) is 19.8 Å². The molecule has 0 aromatic heterocycles. The maximum Gasteiger partial charge on any atom is 0.203 e. The maximum atomic E-state index is 6.12. The summed E-state index contributed by atoms with van der Waals surface area (Å²) in [5, 5.41) is 3.27. The van der Waals surface area contributed by atoms with E-state index in [4.69, 9.17) is 18.9 Å². The lowest BCUT2D eigenvalue weighted by Gasteiger charge is -2.43. The summed E-state index contributed by atoms with van der Waals surface area (Å²) in [6, 6.07) is 5.96. The lowest BCUT2D eigenvalue weighted by Crippen LogP contribution is -2.60. The summed E-state index contributed by atoms with van der Waals surface area (Å²) < 4.78 is 22.7. The fraction of sp³-hybridized carbons (Fsp3) is 0.625. The third-order valence-corrected chi connectivity index (χ3v) is 3.79. The molecule has 1 aromatic rings. The molecule has 0 heterocycles. The zero-order valence-electron chi connectivity index (χ0n) is 13.2. The molecule has 1 saturated carbocycles. The first kappa shape index (κ1) is 15.9. The molecule has 118 valence electrons. The lowest BCUT2D eigenvalue weighted by atomic mass is 9.85. The molecular formula is C16H25NO4. The molecule has 1 aliphatic rings. The first-order valence-corrected chi connectivity index (χ1v) is 7.41. The third kappa shape index (κ3) is 3.41. The predicted octanol–water partition coefficient (Wildman–Crippen LogP) is 2.24. The van der Waals surface area contributed by atoms with Gasteiger partial charge in [-0.05, 0) is 25.6 Å². The van der Waals surface area contributed by atoms with Gasteiger partial charge in [0, 0.05) is 19.1 Å². The monoisotopic (exact) mass is 295 g/mol. The summed E-state index contributed by atoms with van der Waals surface area (Å²) in [7, 11) is 5.21. The molecule has 21 heavy (non-hydrogen) atoms. The van der Waals surface area contributed by atoms with Gasteiger partial charge in [-0.25, -0.2) is 0 Å². The van der Waals surface area contributed by atoms with Crippen molar-refractivity contribution in [2.45, 2.75) is 38.0 Å². The highest BCUT2D eigenvalue weighted by molar-refractivity contribution is 5.51. The summed E-state index contributed by atoms with van der Waals surface area (Å²) >= 11 is 0. The molecular weight excluding hydrogens is 270 g/mol. The normalized spacial score (nSPS) is 24.3. The van der Waals surface area contributed by atoms with Crippen LogP contribution in [0.5, 0.6) is 17.2 Å². The molecule has 1 aliphatic carbocycles. The minimum atomic E-state index is 0.0131. The fourth-order valence-electron chi connectivity index (χ4n) is 2.54. The van der Waals surface area contributed by atoms with E-state index >= 15 is 0 Å². The molecule has 1 aromatic carbocycles. The van der Waals surface area contributed by atoms with Crippen LogP contribution in [0.4, 0.5) is 0 Å². The molecule has 0 amide bonds. The quantitative estimate of drug-likeness (QED) is 0.797. The minimum Gasteiger partial charge on any atom is -0.493 e. The molecule has 0 aliphatic heterocycles. The van der Waals surface area contributed by atoms with Crippen LogP contribution in [0.15, 0.2) is 18.2 Å². The Morgan fingerprint density at radius 1 is 1.19 bits per heavy atom. The van der Waals surface area contributed by atoms with Crippen LogP contribution in [0, 0.1) is 0 Å². The second kappa shape index (κ2) is 7.52. The van der Waals surface area contributed by atoms with Gasteiger partial charge in [-0.3, -0.25) is 0 Å². The van der Waals surface area contributed by atoms with Crippen molar-refractivity contribution in [1.82, 2.24) is 5.32 Å². The van der Waals surface area contributed by atoms with Gasteiger partial charge in [0.1, 0.15) is 12.2 Å². The number of benzene rings is 1. The number of rotatable bonds is 8. The summed E-state index contributed by atoms with van der Waals surface area (Å²) in [4.78, 5) is 0. The maximum absolute atomic E-state index is 6.12. The molecule has 5 nitrogen and oxygen atoms in total. The van der Waals surface area contributed by atoms with Gasteiger partial charge in [0.05, 0.1) is 14.2 Å². The Hall–Kier alpha value is -1.46. The van der Waals surface area contributed by atoms with Crippen LogP contribution < -0.4 is 19.5 Å². The highest BCUT2D eigenvalue weighted by Gasteiger charge is 2.43. The van der Waals surface area contributed by atoms with E-state index in [0.717, 1.165) is 19.4 Å². The van der Waals surface area contributed by atoms with Crippen LogP contribution >= 0.6 is 0 Å². The first-order chi connectivity index (χ1) is 10.2. The van der Waals surface area contributed by atoms with Crippen molar-refractivity contribution in [3.63, 3.8) is 0 Å². The average molecular weight is 295 g/mol. The van der Waals surface area contributed by atoms with Gasteiger partial charge >= 0.3 is 0 Å². The Labute approximate surface area is 126 Å². The van der Waals surface area contributed by atoms with Crippen LogP contribution in [0.25, 0.3) is 0 Å².